The van der Waals surface area contributed by atoms with Crippen molar-refractivity contribution in [3.63, 3.8) is 0 Å². The van der Waals surface area contributed by atoms with Crippen molar-refractivity contribution in [2.24, 2.45) is 0 Å². The lowest BCUT2D eigenvalue weighted by Gasteiger charge is -2.22. The van der Waals surface area contributed by atoms with E-state index in [1.54, 1.807) is 0 Å². The Bertz CT molecular complexity index is 754. The summed E-state index contributed by atoms with van der Waals surface area (Å²) in [5, 5.41) is 3.46. The molecule has 0 aromatic heterocycles. The Morgan fingerprint density at radius 3 is 2.52 bits per heavy atom. The molecule has 0 radical (unpaired) electrons. The van der Waals surface area contributed by atoms with E-state index in [2.05, 4.69) is 66.0 Å². The highest BCUT2D eigenvalue weighted by atomic mass is 16.5. The maximum atomic E-state index is 6.12. The second-order valence-electron chi connectivity index (χ2n) is 6.06. The molecular weight excluding hydrogens is 282 g/mol. The molecule has 1 fully saturated rings. The number of ether oxygens (including phenoxy) is 1. The summed E-state index contributed by atoms with van der Waals surface area (Å²) < 4.78 is 6.12. The number of hydrogen-bond donors (Lipinski definition) is 1. The fourth-order valence-electron chi connectivity index (χ4n) is 3.48. The summed E-state index contributed by atoms with van der Waals surface area (Å²) in [6.45, 7) is 2.74. The number of fused-ring (bicyclic) bond motifs is 2. The highest BCUT2D eigenvalue weighted by Gasteiger charge is 2.24. The van der Waals surface area contributed by atoms with Gasteiger partial charge in [0.15, 0.2) is 0 Å². The molecule has 1 aromatic carbocycles. The van der Waals surface area contributed by atoms with E-state index in [1.165, 1.54) is 27.9 Å². The molecule has 1 aliphatic carbocycles. The summed E-state index contributed by atoms with van der Waals surface area (Å²) >= 11 is 0. The zero-order valence-electron chi connectivity index (χ0n) is 13.2. The quantitative estimate of drug-likeness (QED) is 0.776. The largest absolute Gasteiger partial charge is 0.488 e. The summed E-state index contributed by atoms with van der Waals surface area (Å²) in [4.78, 5) is 0. The summed E-state index contributed by atoms with van der Waals surface area (Å²) in [5.41, 5.74) is 6.72. The van der Waals surface area contributed by atoms with Gasteiger partial charge in [-0.15, -0.1) is 0 Å². The minimum atomic E-state index is 0.621. The van der Waals surface area contributed by atoms with Gasteiger partial charge in [0.1, 0.15) is 12.4 Å². The molecule has 1 saturated heterocycles. The molecule has 0 atom stereocenters. The van der Waals surface area contributed by atoms with E-state index in [4.69, 9.17) is 4.74 Å². The van der Waals surface area contributed by atoms with Gasteiger partial charge in [-0.2, -0.15) is 0 Å². The Kier molecular flexibility index (Phi) is 3.99. The summed E-state index contributed by atoms with van der Waals surface area (Å²) in [6.07, 6.45) is 15.0. The number of nitrogens with one attached hydrogen (secondary N) is 1. The molecule has 23 heavy (non-hydrogen) atoms. The molecule has 0 amide bonds. The van der Waals surface area contributed by atoms with Gasteiger partial charge in [-0.25, -0.2) is 0 Å². The number of rotatable bonds is 0. The lowest BCUT2D eigenvalue weighted by atomic mass is 9.85. The van der Waals surface area contributed by atoms with Crippen molar-refractivity contribution in [3.8, 4) is 5.75 Å². The fraction of sp³-hybridized carbons (Fsp3) is 0.238. The first-order valence-corrected chi connectivity index (χ1v) is 8.33. The molecule has 1 N–H and O–H groups in total. The van der Waals surface area contributed by atoms with Crippen molar-refractivity contribution < 1.29 is 4.74 Å². The van der Waals surface area contributed by atoms with Crippen LogP contribution in [0, 0.1) is 0 Å². The van der Waals surface area contributed by atoms with Gasteiger partial charge < -0.3 is 10.1 Å². The molecule has 2 heterocycles. The Morgan fingerprint density at radius 2 is 1.65 bits per heavy atom. The predicted molar refractivity (Wildman–Crippen MR) is 95.4 cm³/mol. The minimum Gasteiger partial charge on any atom is -0.488 e. The molecule has 0 spiro atoms. The van der Waals surface area contributed by atoms with Crippen molar-refractivity contribution in [2.75, 3.05) is 19.7 Å². The molecular formula is C21H21NO. The Balaban J connectivity index is 1.95. The first-order valence-electron chi connectivity index (χ1n) is 8.33. The van der Waals surface area contributed by atoms with Crippen molar-refractivity contribution in [3.05, 3.63) is 83.0 Å². The average molecular weight is 303 g/mol. The first kappa shape index (κ1) is 14.3. The van der Waals surface area contributed by atoms with Crippen LogP contribution in [0.3, 0.4) is 0 Å². The van der Waals surface area contributed by atoms with Crippen molar-refractivity contribution >= 4 is 5.57 Å². The van der Waals surface area contributed by atoms with Crippen LogP contribution in [0.15, 0.2) is 77.4 Å². The van der Waals surface area contributed by atoms with Crippen LogP contribution in [-0.2, 0) is 0 Å². The standard InChI is InChI=1S/C21H21NO/c1-2-4-8-18-17(7-3-1)15-23-20-10-6-5-9-19(20)21(18)16-11-13-22-14-12-16/h1-10,22H,11-15H2/b2-1?,3-1-,4-2-,7-3?,8-4?,17-7-,18-8+. The van der Waals surface area contributed by atoms with Gasteiger partial charge in [0.05, 0.1) is 0 Å². The van der Waals surface area contributed by atoms with Crippen molar-refractivity contribution in [2.45, 2.75) is 12.8 Å². The van der Waals surface area contributed by atoms with E-state index in [1.807, 2.05) is 0 Å². The second kappa shape index (κ2) is 6.43. The molecule has 116 valence electrons. The molecule has 3 aliphatic rings. The van der Waals surface area contributed by atoms with Crippen LogP contribution in [-0.4, -0.2) is 19.7 Å². The summed E-state index contributed by atoms with van der Waals surface area (Å²) in [7, 11) is 0. The van der Waals surface area contributed by atoms with E-state index in [0.29, 0.717) is 6.61 Å². The molecule has 2 nitrogen and oxygen atoms in total. The number of benzene rings is 1. The van der Waals surface area contributed by atoms with Gasteiger partial charge in [0.2, 0.25) is 0 Å². The molecule has 0 unspecified atom stereocenters. The lowest BCUT2D eigenvalue weighted by molar-refractivity contribution is 0.356. The zero-order chi connectivity index (χ0) is 15.5. The van der Waals surface area contributed by atoms with Crippen LogP contribution in [0.5, 0.6) is 5.75 Å². The van der Waals surface area contributed by atoms with Crippen LogP contribution in [0.4, 0.5) is 0 Å². The Morgan fingerprint density at radius 1 is 0.870 bits per heavy atom. The van der Waals surface area contributed by atoms with E-state index in [-0.39, 0.29) is 0 Å². The van der Waals surface area contributed by atoms with Crippen LogP contribution in [0.25, 0.3) is 5.57 Å². The van der Waals surface area contributed by atoms with Crippen LogP contribution < -0.4 is 10.1 Å². The minimum absolute atomic E-state index is 0.621. The zero-order valence-corrected chi connectivity index (χ0v) is 13.2. The van der Waals surface area contributed by atoms with E-state index in [9.17, 15) is 0 Å². The van der Waals surface area contributed by atoms with Crippen LogP contribution >= 0.6 is 0 Å². The van der Waals surface area contributed by atoms with Gasteiger partial charge in [-0.05, 0) is 48.7 Å². The Labute approximate surface area is 137 Å². The third-order valence-corrected chi connectivity index (χ3v) is 4.61. The van der Waals surface area contributed by atoms with Crippen molar-refractivity contribution in [1.82, 2.24) is 5.32 Å². The normalized spacial score (nSPS) is 27.7. The number of piperidine rings is 1. The first-order chi connectivity index (χ1) is 11.4. The van der Waals surface area contributed by atoms with E-state index < -0.39 is 0 Å². The summed E-state index contributed by atoms with van der Waals surface area (Å²) in [5.74, 6) is 0.995. The number of allylic oxidation sites excluding steroid dienone is 7. The third-order valence-electron chi connectivity index (χ3n) is 4.61. The van der Waals surface area contributed by atoms with Gasteiger partial charge in [0, 0.05) is 5.56 Å². The van der Waals surface area contributed by atoms with E-state index in [0.717, 1.165) is 31.7 Å². The topological polar surface area (TPSA) is 21.3 Å². The Hall–Kier alpha value is -2.32. The number of para-hydroxylation sites is 1. The smallest absolute Gasteiger partial charge is 0.127 e. The van der Waals surface area contributed by atoms with Gasteiger partial charge in [0.25, 0.3) is 0 Å². The second-order valence-corrected chi connectivity index (χ2v) is 6.06. The SMILES string of the molecule is C1=C\C=C2\C(=C3CCNCC3)c3ccccc3OC\C2=C\C=C/1. The van der Waals surface area contributed by atoms with Gasteiger partial charge in [-0.1, -0.05) is 60.2 Å². The molecule has 2 aliphatic heterocycles. The van der Waals surface area contributed by atoms with E-state index >= 15 is 0 Å². The monoisotopic (exact) mass is 303 g/mol. The summed E-state index contributed by atoms with van der Waals surface area (Å²) in [6, 6.07) is 8.45. The van der Waals surface area contributed by atoms with Gasteiger partial charge in [-0.3, -0.25) is 0 Å². The highest BCUT2D eigenvalue weighted by Crippen LogP contribution is 2.41. The third kappa shape index (κ3) is 2.82. The molecule has 2 heteroatoms. The lowest BCUT2D eigenvalue weighted by Crippen LogP contribution is -2.24. The molecule has 4 rings (SSSR count). The van der Waals surface area contributed by atoms with Crippen LogP contribution in [0.1, 0.15) is 18.4 Å². The maximum absolute atomic E-state index is 6.12. The average Bonchev–Trinajstić information content (AvgIpc) is 2.72. The highest BCUT2D eigenvalue weighted by molar-refractivity contribution is 5.89. The van der Waals surface area contributed by atoms with Crippen LogP contribution in [0.2, 0.25) is 0 Å². The molecule has 1 aromatic rings. The molecule has 0 saturated carbocycles. The fourth-order valence-corrected chi connectivity index (χ4v) is 3.48. The van der Waals surface area contributed by atoms with Gasteiger partial charge >= 0.3 is 0 Å². The number of hydrogen-bond acceptors (Lipinski definition) is 2. The predicted octanol–water partition coefficient (Wildman–Crippen LogP) is 4.19. The maximum Gasteiger partial charge on any atom is 0.127 e. The van der Waals surface area contributed by atoms with Crippen molar-refractivity contribution in [1.29, 1.82) is 0 Å². The molecule has 0 bridgehead atoms.